The maximum Gasteiger partial charge on any atom is 0.415 e. The number of Topliss-reactive ketones (excluding diaryl/α,β-unsaturated/α-hetero) is 1. The third-order valence-electron chi connectivity index (χ3n) is 17.7. The summed E-state index contributed by atoms with van der Waals surface area (Å²) in [4.78, 5) is 161. The molecule has 3 aliphatic heterocycles. The van der Waals surface area contributed by atoms with Crippen LogP contribution in [0.5, 0.6) is 11.5 Å². The van der Waals surface area contributed by atoms with Gasteiger partial charge in [0.25, 0.3) is 23.6 Å². The van der Waals surface area contributed by atoms with Crippen molar-refractivity contribution in [3.63, 3.8) is 0 Å². The van der Waals surface area contributed by atoms with Gasteiger partial charge in [-0.05, 0) is 103 Å². The van der Waals surface area contributed by atoms with E-state index in [-0.39, 0.29) is 128 Å². The van der Waals surface area contributed by atoms with Crippen LogP contribution in [0.1, 0.15) is 76.6 Å². The van der Waals surface area contributed by atoms with E-state index < -0.39 is 83.6 Å². The van der Waals surface area contributed by atoms with E-state index in [1.54, 1.807) is 90.4 Å². The highest BCUT2D eigenvalue weighted by Gasteiger charge is 2.38. The van der Waals surface area contributed by atoms with E-state index in [9.17, 15) is 57.8 Å². The number of hydrogen-bond acceptors (Lipinski definition) is 20. The Morgan fingerprint density at radius 3 is 2.24 bits per heavy atom. The molecule has 104 heavy (non-hydrogen) atoms. The number of amides is 11. The average molecular weight is 1460 g/mol. The number of ketones is 1. The van der Waals surface area contributed by atoms with Crippen LogP contribution < -0.4 is 41.4 Å². The minimum Gasteiger partial charge on any atom is -0.447 e. The van der Waals surface area contributed by atoms with Crippen LogP contribution in [0.4, 0.5) is 41.0 Å². The first-order valence-electron chi connectivity index (χ1n) is 34.0. The number of alkyl carbamates (subject to hydrolysis) is 1. The molecule has 2 aromatic heterocycles. The number of nitrogens with one attached hydrogen (secondary N) is 5. The second kappa shape index (κ2) is 36.9. The number of nitrogens with zero attached hydrogens (tertiary/aromatic N) is 7. The Hall–Kier alpha value is -10.7. The number of rotatable bonds is 33. The molecule has 0 saturated carbocycles. The maximum absolute atomic E-state index is 14.8. The van der Waals surface area contributed by atoms with Gasteiger partial charge in [-0.15, -0.1) is 11.6 Å². The van der Waals surface area contributed by atoms with Gasteiger partial charge < -0.3 is 90.0 Å². The zero-order valence-corrected chi connectivity index (χ0v) is 59.2. The second-order valence-electron chi connectivity index (χ2n) is 25.5. The number of ether oxygens (including phenoxy) is 6. The highest BCUT2D eigenvalue weighted by atomic mass is 35.5. The fraction of sp³-hybridized carbons (Fsp3) is 0.417. The number of aliphatic hydroxyl groups is 1. The Labute approximate surface area is 604 Å². The quantitative estimate of drug-likeness (QED) is 0.0127. The fourth-order valence-corrected chi connectivity index (χ4v) is 12.2. The monoisotopic (exact) mass is 1460 g/mol. The predicted octanol–water partition coefficient (Wildman–Crippen LogP) is 6.74. The number of imide groups is 1. The Balaban J connectivity index is 0.794. The number of carbonyl (C=O) groups is 11. The Bertz CT molecular complexity index is 4130. The number of likely N-dealkylation sites (N-methyl/N-ethyl adjacent to an activating group) is 2. The topological polar surface area (TPSA) is 386 Å². The Morgan fingerprint density at radius 1 is 0.808 bits per heavy atom. The lowest BCUT2D eigenvalue weighted by atomic mass is 9.89. The Kier molecular flexibility index (Phi) is 27.5. The van der Waals surface area contributed by atoms with Crippen LogP contribution in [0.3, 0.4) is 0 Å². The molecule has 8 N–H and O–H groups in total. The van der Waals surface area contributed by atoms with E-state index >= 15 is 0 Å². The van der Waals surface area contributed by atoms with Crippen LogP contribution in [-0.2, 0) is 44.7 Å². The lowest BCUT2D eigenvalue weighted by Gasteiger charge is -2.31. The molecule has 1 fully saturated rings. The van der Waals surface area contributed by atoms with Crippen LogP contribution in [0, 0.1) is 18.8 Å². The number of aromatic nitrogens is 2. The van der Waals surface area contributed by atoms with Crippen molar-refractivity contribution in [2.75, 3.05) is 141 Å². The fourth-order valence-electron chi connectivity index (χ4n) is 12.0. The number of halogens is 1. The molecule has 1 saturated heterocycles. The molecule has 31 nitrogen and oxygen atoms in total. The van der Waals surface area contributed by atoms with Gasteiger partial charge in [-0.1, -0.05) is 44.2 Å². The van der Waals surface area contributed by atoms with Crippen molar-refractivity contribution >= 4 is 116 Å². The highest BCUT2D eigenvalue weighted by molar-refractivity contribution is 6.20. The molecule has 0 aliphatic carbocycles. The molecule has 32 heteroatoms. The number of pyridine rings is 1. The van der Waals surface area contributed by atoms with Crippen LogP contribution in [0.2, 0.25) is 0 Å². The molecule has 6 aromatic rings. The lowest BCUT2D eigenvalue weighted by Crippen LogP contribution is -2.48. The third kappa shape index (κ3) is 20.8. The molecule has 0 radical (unpaired) electrons. The molecule has 3 atom stereocenters. The summed E-state index contributed by atoms with van der Waals surface area (Å²) in [6.45, 7) is 7.46. The summed E-state index contributed by atoms with van der Waals surface area (Å²) >= 11 is 6.69. The molecule has 9 rings (SSSR count). The molecular weight excluding hydrogens is 1370 g/mol. The third-order valence-corrected chi connectivity index (χ3v) is 18.1. The van der Waals surface area contributed by atoms with E-state index in [0.29, 0.717) is 63.4 Å². The smallest absolute Gasteiger partial charge is 0.415 e. The number of anilines is 3. The molecule has 554 valence electrons. The number of piperazine rings is 1. The van der Waals surface area contributed by atoms with Gasteiger partial charge in [0, 0.05) is 130 Å². The van der Waals surface area contributed by atoms with Crippen molar-refractivity contribution in [3.8, 4) is 11.5 Å². The van der Waals surface area contributed by atoms with Gasteiger partial charge in [0.1, 0.15) is 36.1 Å². The van der Waals surface area contributed by atoms with Crippen LogP contribution in [-0.4, -0.2) is 236 Å². The molecular formula is C72H86ClN13O18. The second-order valence-corrected chi connectivity index (χ2v) is 25.8. The van der Waals surface area contributed by atoms with Gasteiger partial charge >= 0.3 is 30.4 Å². The van der Waals surface area contributed by atoms with Gasteiger partial charge in [-0.2, -0.15) is 0 Å². The van der Waals surface area contributed by atoms with Crippen LogP contribution >= 0.6 is 11.6 Å². The number of urea groups is 1. The first kappa shape index (κ1) is 77.4. The van der Waals surface area contributed by atoms with E-state index in [0.717, 1.165) is 46.7 Å². The van der Waals surface area contributed by atoms with Crippen LogP contribution in [0.25, 0.3) is 21.8 Å². The molecule has 0 unspecified atom stereocenters. The molecule has 0 spiro atoms. The zero-order chi connectivity index (χ0) is 74.6. The lowest BCUT2D eigenvalue weighted by molar-refractivity contribution is -0.137. The standard InChI is InChI=1S/C72H86ClN13O18/c1-44(2)63(80-69(95)101-35-34-100-32-29-85-59(89)19-20-60(85)90)57(88)38-48(9-7-21-75-68(74)94)66(92)77-51-15-11-46(12-16-51)43-102-70(96)82(5)24-27-84(28-31-99-33-30-87)72(98)104-58-39-56-62(61-45(3)8-6-10-54(58)61)50(40-73)42-86(56)67(93)55-37-49-36-52(41-76-64(49)79-55)78-65(91)47-13-17-53(18-14-47)103-71(97)83-25-22-81(4)23-26-83/h6,8,10-20,36-37,39,41,44,48,50,63,87H,7,9,21-35,38,40,42-43H2,1-5H3,(H,76,79)(H,77,92)(H,78,91)(H,80,95)(H3,74,75,94)/t48-,50-,63+/m1/s1. The van der Waals surface area contributed by atoms with E-state index in [1.165, 1.54) is 23.0 Å². The van der Waals surface area contributed by atoms with Gasteiger partial charge in [0.15, 0.2) is 5.78 Å². The van der Waals surface area contributed by atoms with E-state index in [4.69, 9.17) is 45.8 Å². The number of aromatic amines is 1. The van der Waals surface area contributed by atoms with Gasteiger partial charge in [0.05, 0.1) is 63.2 Å². The summed E-state index contributed by atoms with van der Waals surface area (Å²) in [7, 11) is 3.48. The molecule has 3 aliphatic rings. The minimum absolute atomic E-state index is 0.000275. The van der Waals surface area contributed by atoms with Crippen molar-refractivity contribution in [1.82, 2.24) is 45.1 Å². The van der Waals surface area contributed by atoms with Crippen molar-refractivity contribution in [2.45, 2.75) is 58.6 Å². The summed E-state index contributed by atoms with van der Waals surface area (Å²) in [5.41, 5.74) is 9.46. The number of hydrogen-bond donors (Lipinski definition) is 7. The summed E-state index contributed by atoms with van der Waals surface area (Å²) in [5, 5.41) is 22.0. The number of fused-ring (bicyclic) bond motifs is 4. The SMILES string of the molecule is Cc1cccc2c(OC(=O)N(CCOCCO)CCN(C)C(=O)OCc3ccc(NC(=O)[C@H](CCCNC(N)=O)CC(=O)[C@@H](NC(=O)OCCOCCN4C(=O)C=CC4=O)C(C)C)cc3)cc3c(c12)[C@H](CCl)CN3C(=O)c1cc2cc(NC(=O)c3ccc(OC(=O)N4CCN(C)CC4)cc3)cnc2[nH]1. The zero-order valence-electron chi connectivity index (χ0n) is 58.4. The highest BCUT2D eigenvalue weighted by Crippen LogP contribution is 2.47. The van der Waals surface area contributed by atoms with E-state index in [2.05, 4.69) is 36.1 Å². The average Bonchev–Trinajstić information content (AvgIpc) is 1.56. The minimum atomic E-state index is -1.04. The number of aliphatic hydroxyl groups excluding tert-OH is 1. The number of alkyl halides is 1. The first-order chi connectivity index (χ1) is 50.0. The molecule has 5 heterocycles. The number of nitrogens with two attached hydrogens (primary N) is 1. The largest absolute Gasteiger partial charge is 0.447 e. The number of carbonyl (C=O) groups excluding carboxylic acids is 11. The number of aryl methyl sites for hydroxylation is 1. The van der Waals surface area contributed by atoms with Crippen LogP contribution in [0.15, 0.2) is 103 Å². The number of primary amides is 1. The summed E-state index contributed by atoms with van der Waals surface area (Å²) < 4.78 is 33.6. The van der Waals surface area contributed by atoms with Crippen molar-refractivity contribution in [3.05, 3.63) is 131 Å². The Morgan fingerprint density at radius 2 is 1.54 bits per heavy atom. The summed E-state index contributed by atoms with van der Waals surface area (Å²) in [6, 6.07) is 21.3. The maximum atomic E-state index is 14.8. The summed E-state index contributed by atoms with van der Waals surface area (Å²) in [6.07, 6.45) is 1.02. The molecule has 11 amide bonds. The van der Waals surface area contributed by atoms with Gasteiger partial charge in [-0.3, -0.25) is 33.7 Å². The van der Waals surface area contributed by atoms with Crippen molar-refractivity contribution < 1.29 is 86.3 Å². The summed E-state index contributed by atoms with van der Waals surface area (Å²) in [5.74, 6) is -3.81. The van der Waals surface area contributed by atoms with E-state index in [1.807, 2.05) is 32.2 Å². The van der Waals surface area contributed by atoms with Crippen molar-refractivity contribution in [2.24, 2.45) is 17.6 Å². The predicted molar refractivity (Wildman–Crippen MR) is 383 cm³/mol. The van der Waals surface area contributed by atoms with Gasteiger partial charge in [-0.25, -0.2) is 29.0 Å². The molecule has 0 bridgehead atoms. The van der Waals surface area contributed by atoms with Crippen molar-refractivity contribution in [1.29, 1.82) is 0 Å². The van der Waals surface area contributed by atoms with Gasteiger partial charge in [0.2, 0.25) is 5.91 Å². The number of benzene rings is 4. The number of H-pyrrole nitrogens is 1. The normalized spacial score (nSPS) is 14.8. The molecule has 4 aromatic carbocycles. The first-order valence-corrected chi connectivity index (χ1v) is 34.6.